The topological polar surface area (TPSA) is 67.2 Å². The van der Waals surface area contributed by atoms with Gasteiger partial charge in [0, 0.05) is 24.0 Å². The number of urea groups is 1. The smallest absolute Gasteiger partial charge is 0.319 e. The molecule has 2 N–H and O–H groups in total. The predicted octanol–water partition coefficient (Wildman–Crippen LogP) is 3.66. The number of nitrogens with zero attached hydrogens (tertiary/aromatic N) is 1. The van der Waals surface area contributed by atoms with Crippen molar-refractivity contribution in [2.45, 2.75) is 6.54 Å². The molecule has 0 aliphatic carbocycles. The molecule has 1 aromatic carbocycles. The van der Waals surface area contributed by atoms with Crippen LogP contribution >= 0.6 is 0 Å². The first-order chi connectivity index (χ1) is 10.8. The van der Waals surface area contributed by atoms with Gasteiger partial charge in [0.15, 0.2) is 5.76 Å². The molecule has 5 heteroatoms. The molecule has 5 nitrogen and oxygen atoms in total. The molecule has 2 amide bonds. The fourth-order valence-corrected chi connectivity index (χ4v) is 2.09. The van der Waals surface area contributed by atoms with E-state index in [1.807, 2.05) is 54.6 Å². The molecule has 110 valence electrons. The number of furan rings is 1. The highest BCUT2D eigenvalue weighted by atomic mass is 16.3. The zero-order valence-electron chi connectivity index (χ0n) is 11.8. The molecule has 2 heterocycles. The number of rotatable bonds is 4. The van der Waals surface area contributed by atoms with E-state index in [9.17, 15) is 4.79 Å². The third kappa shape index (κ3) is 3.32. The highest BCUT2D eigenvalue weighted by molar-refractivity contribution is 5.89. The molecule has 3 rings (SSSR count). The third-order valence-electron chi connectivity index (χ3n) is 3.12. The maximum atomic E-state index is 11.9. The average molecular weight is 293 g/mol. The lowest BCUT2D eigenvalue weighted by Gasteiger charge is -2.09. The number of carbonyl (C=O) groups is 1. The summed E-state index contributed by atoms with van der Waals surface area (Å²) in [5.74, 6) is 0.681. The summed E-state index contributed by atoms with van der Waals surface area (Å²) in [4.78, 5) is 16.2. The van der Waals surface area contributed by atoms with E-state index in [0.29, 0.717) is 12.3 Å². The number of amides is 2. The standard InChI is InChI=1S/C17H15N3O2/c21-17(20-14-7-2-1-3-8-14)19-12-13-6-4-10-18-16(13)15-9-5-11-22-15/h1-11H,12H2,(H2,19,20,21). The van der Waals surface area contributed by atoms with Gasteiger partial charge < -0.3 is 15.1 Å². The van der Waals surface area contributed by atoms with Gasteiger partial charge in [0.1, 0.15) is 5.69 Å². The molecule has 0 unspecified atom stereocenters. The number of nitrogens with one attached hydrogen (secondary N) is 2. The molecule has 0 spiro atoms. The monoisotopic (exact) mass is 293 g/mol. The van der Waals surface area contributed by atoms with Gasteiger partial charge in [-0.25, -0.2) is 4.79 Å². The van der Waals surface area contributed by atoms with Crippen molar-refractivity contribution in [3.8, 4) is 11.5 Å². The molecule has 0 fully saturated rings. The van der Waals surface area contributed by atoms with Crippen molar-refractivity contribution >= 4 is 11.7 Å². The summed E-state index contributed by atoms with van der Waals surface area (Å²) in [6, 6.07) is 16.4. The predicted molar refractivity (Wildman–Crippen MR) is 84.2 cm³/mol. The normalized spacial score (nSPS) is 10.2. The summed E-state index contributed by atoms with van der Waals surface area (Å²) >= 11 is 0. The summed E-state index contributed by atoms with van der Waals surface area (Å²) in [7, 11) is 0. The molecule has 0 aliphatic heterocycles. The molecule has 3 aromatic rings. The Kier molecular flexibility index (Phi) is 4.15. The molecule has 22 heavy (non-hydrogen) atoms. The quantitative estimate of drug-likeness (QED) is 0.771. The van der Waals surface area contributed by atoms with E-state index in [1.54, 1.807) is 12.5 Å². The summed E-state index contributed by atoms with van der Waals surface area (Å²) in [6.07, 6.45) is 3.30. The first-order valence-corrected chi connectivity index (χ1v) is 6.90. The minimum absolute atomic E-state index is 0.263. The van der Waals surface area contributed by atoms with E-state index < -0.39 is 0 Å². The van der Waals surface area contributed by atoms with Crippen LogP contribution in [0.3, 0.4) is 0 Å². The number of para-hydroxylation sites is 1. The van der Waals surface area contributed by atoms with Crippen LogP contribution in [0.4, 0.5) is 10.5 Å². The van der Waals surface area contributed by atoms with Gasteiger partial charge >= 0.3 is 6.03 Å². The van der Waals surface area contributed by atoms with Crippen molar-refractivity contribution in [3.05, 3.63) is 72.6 Å². The second kappa shape index (κ2) is 6.58. The molecule has 0 atom stereocenters. The Morgan fingerprint density at radius 3 is 2.68 bits per heavy atom. The Balaban J connectivity index is 1.66. The van der Waals surface area contributed by atoms with Crippen LogP contribution in [0.25, 0.3) is 11.5 Å². The van der Waals surface area contributed by atoms with E-state index in [2.05, 4.69) is 15.6 Å². The summed E-state index contributed by atoms with van der Waals surface area (Å²) in [5, 5.41) is 5.59. The van der Waals surface area contributed by atoms with E-state index >= 15 is 0 Å². The van der Waals surface area contributed by atoms with Gasteiger partial charge in [0.2, 0.25) is 0 Å². The van der Waals surface area contributed by atoms with Crippen molar-refractivity contribution in [3.63, 3.8) is 0 Å². The maximum Gasteiger partial charge on any atom is 0.319 e. The fraction of sp³-hybridized carbons (Fsp3) is 0.0588. The number of aromatic nitrogens is 1. The van der Waals surface area contributed by atoms with Crippen LogP contribution in [-0.4, -0.2) is 11.0 Å². The summed E-state index contributed by atoms with van der Waals surface area (Å²) < 4.78 is 5.37. The summed E-state index contributed by atoms with van der Waals surface area (Å²) in [5.41, 5.74) is 2.37. The number of benzene rings is 1. The lowest BCUT2D eigenvalue weighted by molar-refractivity contribution is 0.251. The van der Waals surface area contributed by atoms with E-state index in [4.69, 9.17) is 4.42 Å². The third-order valence-corrected chi connectivity index (χ3v) is 3.12. The molecule has 0 radical (unpaired) electrons. The lowest BCUT2D eigenvalue weighted by atomic mass is 10.1. The van der Waals surface area contributed by atoms with Gasteiger partial charge in [-0.3, -0.25) is 4.98 Å². The van der Waals surface area contributed by atoms with Crippen LogP contribution < -0.4 is 10.6 Å². The largest absolute Gasteiger partial charge is 0.463 e. The van der Waals surface area contributed by atoms with Gasteiger partial charge in [-0.05, 0) is 30.3 Å². The Morgan fingerprint density at radius 1 is 1.05 bits per heavy atom. The summed E-state index contributed by atoms with van der Waals surface area (Å²) in [6.45, 7) is 0.364. The second-order valence-electron chi connectivity index (χ2n) is 4.66. The molecule has 0 aliphatic rings. The number of carbonyl (C=O) groups excluding carboxylic acids is 1. The van der Waals surface area contributed by atoms with Crippen LogP contribution in [-0.2, 0) is 6.54 Å². The van der Waals surface area contributed by atoms with Crippen molar-refractivity contribution < 1.29 is 9.21 Å². The number of hydrogen-bond acceptors (Lipinski definition) is 3. The van der Waals surface area contributed by atoms with Crippen molar-refractivity contribution in [2.75, 3.05) is 5.32 Å². The fourth-order valence-electron chi connectivity index (χ4n) is 2.09. The van der Waals surface area contributed by atoms with Crippen LogP contribution in [0, 0.1) is 0 Å². The lowest BCUT2D eigenvalue weighted by Crippen LogP contribution is -2.28. The van der Waals surface area contributed by atoms with Gasteiger partial charge in [0.25, 0.3) is 0 Å². The molecule has 0 bridgehead atoms. The molecular formula is C17H15N3O2. The van der Waals surface area contributed by atoms with E-state index in [-0.39, 0.29) is 6.03 Å². The minimum Gasteiger partial charge on any atom is -0.463 e. The zero-order chi connectivity index (χ0) is 15.2. The SMILES string of the molecule is O=C(NCc1cccnc1-c1ccco1)Nc1ccccc1. The highest BCUT2D eigenvalue weighted by Gasteiger charge is 2.09. The first-order valence-electron chi connectivity index (χ1n) is 6.90. The maximum absolute atomic E-state index is 11.9. The van der Waals surface area contributed by atoms with Gasteiger partial charge in [-0.2, -0.15) is 0 Å². The first kappa shape index (κ1) is 13.9. The van der Waals surface area contributed by atoms with Crippen LogP contribution in [0.15, 0.2) is 71.5 Å². The van der Waals surface area contributed by atoms with Gasteiger partial charge in [0.05, 0.1) is 6.26 Å². The number of pyridine rings is 1. The molecule has 0 saturated carbocycles. The van der Waals surface area contributed by atoms with Crippen LogP contribution in [0.1, 0.15) is 5.56 Å². The van der Waals surface area contributed by atoms with Gasteiger partial charge in [-0.1, -0.05) is 24.3 Å². The Labute approximate surface area is 128 Å². The average Bonchev–Trinajstić information content (AvgIpc) is 3.08. The van der Waals surface area contributed by atoms with Crippen molar-refractivity contribution in [1.29, 1.82) is 0 Å². The van der Waals surface area contributed by atoms with Crippen molar-refractivity contribution in [1.82, 2.24) is 10.3 Å². The Bertz CT molecular complexity index is 740. The highest BCUT2D eigenvalue weighted by Crippen LogP contribution is 2.21. The van der Waals surface area contributed by atoms with Gasteiger partial charge in [-0.15, -0.1) is 0 Å². The molecule has 0 saturated heterocycles. The second-order valence-corrected chi connectivity index (χ2v) is 4.66. The Hall–Kier alpha value is -3.08. The Morgan fingerprint density at radius 2 is 1.91 bits per heavy atom. The zero-order valence-corrected chi connectivity index (χ0v) is 11.8. The molecular weight excluding hydrogens is 278 g/mol. The molecule has 2 aromatic heterocycles. The number of hydrogen-bond donors (Lipinski definition) is 2. The van der Waals surface area contributed by atoms with Crippen LogP contribution in [0.2, 0.25) is 0 Å². The minimum atomic E-state index is -0.263. The van der Waals surface area contributed by atoms with Crippen molar-refractivity contribution in [2.24, 2.45) is 0 Å². The van der Waals surface area contributed by atoms with E-state index in [0.717, 1.165) is 16.9 Å². The van der Waals surface area contributed by atoms with E-state index in [1.165, 1.54) is 0 Å². The number of anilines is 1. The van der Waals surface area contributed by atoms with Crippen LogP contribution in [0.5, 0.6) is 0 Å².